The summed E-state index contributed by atoms with van der Waals surface area (Å²) in [7, 11) is 0. The lowest BCUT2D eigenvalue weighted by Gasteiger charge is -2.17. The molecule has 0 aromatic heterocycles. The maximum absolute atomic E-state index is 12.5. The highest BCUT2D eigenvalue weighted by atomic mass is 32.2. The predicted molar refractivity (Wildman–Crippen MR) is 111 cm³/mol. The van der Waals surface area contributed by atoms with Gasteiger partial charge in [0, 0.05) is 26.1 Å². The van der Waals surface area contributed by atoms with Crippen LogP contribution in [0.5, 0.6) is 0 Å². The van der Waals surface area contributed by atoms with Crippen molar-refractivity contribution >= 4 is 46.2 Å². The Labute approximate surface area is 163 Å². The molecular weight excluding hydrogens is 364 g/mol. The molecule has 2 aliphatic rings. The fourth-order valence-electron chi connectivity index (χ4n) is 3.03. The first-order valence-corrected chi connectivity index (χ1v) is 10.1. The number of hydrogen-bond acceptors (Lipinski definition) is 4. The van der Waals surface area contributed by atoms with Crippen LogP contribution in [0, 0.1) is 0 Å². The molecule has 2 heterocycles. The van der Waals surface area contributed by atoms with Crippen LogP contribution in [-0.4, -0.2) is 45.6 Å². The average Bonchev–Trinajstić information content (AvgIpc) is 3.27. The van der Waals surface area contributed by atoms with Crippen molar-refractivity contribution in [2.24, 2.45) is 0 Å². The number of benzene rings is 1. The zero-order chi connectivity index (χ0) is 18.4. The van der Waals surface area contributed by atoms with E-state index in [1.165, 1.54) is 11.8 Å². The lowest BCUT2D eigenvalue weighted by molar-refractivity contribution is -0.130. The van der Waals surface area contributed by atoms with E-state index < -0.39 is 0 Å². The third kappa shape index (κ3) is 4.83. The van der Waals surface area contributed by atoms with Crippen LogP contribution < -0.4 is 0 Å². The Morgan fingerprint density at radius 2 is 1.92 bits per heavy atom. The van der Waals surface area contributed by atoms with E-state index in [0.717, 1.165) is 31.5 Å². The molecule has 0 unspecified atom stereocenters. The Morgan fingerprint density at radius 1 is 1.19 bits per heavy atom. The molecule has 6 heteroatoms. The van der Waals surface area contributed by atoms with Gasteiger partial charge < -0.3 is 4.90 Å². The zero-order valence-corrected chi connectivity index (χ0v) is 16.2. The van der Waals surface area contributed by atoms with Gasteiger partial charge in [0.1, 0.15) is 4.32 Å². The number of nitrogens with zero attached hydrogens (tertiary/aromatic N) is 2. The van der Waals surface area contributed by atoms with Crippen LogP contribution in [0.15, 0.2) is 47.4 Å². The third-order valence-corrected chi connectivity index (χ3v) is 5.84. The minimum absolute atomic E-state index is 0.0636. The summed E-state index contributed by atoms with van der Waals surface area (Å²) in [6, 6.07) is 9.93. The number of allylic oxidation sites excluding steroid dienone is 2. The normalized spacial score (nSPS) is 19.3. The molecule has 3 rings (SSSR count). The van der Waals surface area contributed by atoms with Gasteiger partial charge in [-0.25, -0.2) is 0 Å². The maximum atomic E-state index is 12.5. The van der Waals surface area contributed by atoms with Gasteiger partial charge in [0.15, 0.2) is 0 Å². The fraction of sp³-hybridized carbons (Fsp3) is 0.350. The van der Waals surface area contributed by atoms with Crippen molar-refractivity contribution in [3.8, 4) is 0 Å². The number of thioether (sulfide) groups is 1. The number of carbonyl (C=O) groups is 2. The van der Waals surface area contributed by atoms with Crippen LogP contribution in [0.1, 0.15) is 31.2 Å². The van der Waals surface area contributed by atoms with Gasteiger partial charge in [-0.1, -0.05) is 66.5 Å². The summed E-state index contributed by atoms with van der Waals surface area (Å²) < 4.78 is 0.572. The quantitative estimate of drug-likeness (QED) is 0.550. The molecule has 0 spiro atoms. The minimum Gasteiger partial charge on any atom is -0.343 e. The first kappa shape index (κ1) is 18.9. The van der Waals surface area contributed by atoms with Gasteiger partial charge >= 0.3 is 0 Å². The standard InChI is InChI=1S/C20H22N2O2S2/c23-18(21-13-4-5-14-21)12-7-15-22-19(24)17(26-20(22)25)11-6-10-16-8-2-1-3-9-16/h1-3,6,8-11H,4-5,7,12-15H2/b10-6+,17-11-. The summed E-state index contributed by atoms with van der Waals surface area (Å²) in [6.45, 7) is 2.25. The van der Waals surface area contributed by atoms with E-state index in [2.05, 4.69) is 0 Å². The Morgan fingerprint density at radius 3 is 2.65 bits per heavy atom. The Balaban J connectivity index is 1.51. The second kappa shape index (κ2) is 9.14. The van der Waals surface area contributed by atoms with Crippen molar-refractivity contribution in [1.82, 2.24) is 9.80 Å². The Bertz CT molecular complexity index is 737. The molecule has 1 aromatic rings. The summed E-state index contributed by atoms with van der Waals surface area (Å²) in [6.07, 6.45) is 8.96. The molecule has 2 aliphatic heterocycles. The highest BCUT2D eigenvalue weighted by Gasteiger charge is 2.31. The van der Waals surface area contributed by atoms with Crippen molar-refractivity contribution in [1.29, 1.82) is 0 Å². The molecule has 0 radical (unpaired) electrons. The van der Waals surface area contributed by atoms with E-state index in [9.17, 15) is 9.59 Å². The van der Waals surface area contributed by atoms with Crippen LogP contribution in [0.25, 0.3) is 6.08 Å². The van der Waals surface area contributed by atoms with Gasteiger partial charge in [-0.2, -0.15) is 0 Å². The van der Waals surface area contributed by atoms with Gasteiger partial charge in [0.05, 0.1) is 4.91 Å². The lowest BCUT2D eigenvalue weighted by Crippen LogP contribution is -2.31. The Hall–Kier alpha value is -1.92. The Kier molecular flexibility index (Phi) is 6.63. The summed E-state index contributed by atoms with van der Waals surface area (Å²) in [5.74, 6) is 0.126. The SMILES string of the molecule is O=C(CCCN1C(=O)/C(=C/C=C/c2ccccc2)SC1=S)N1CCCC1. The molecule has 0 aliphatic carbocycles. The zero-order valence-electron chi connectivity index (χ0n) is 14.6. The lowest BCUT2D eigenvalue weighted by atomic mass is 10.2. The molecule has 26 heavy (non-hydrogen) atoms. The van der Waals surface area contributed by atoms with Gasteiger partial charge in [-0.15, -0.1) is 0 Å². The molecule has 1 aromatic carbocycles. The average molecular weight is 387 g/mol. The topological polar surface area (TPSA) is 40.6 Å². The summed E-state index contributed by atoms with van der Waals surface area (Å²) in [5, 5.41) is 0. The first-order valence-electron chi connectivity index (χ1n) is 8.90. The summed E-state index contributed by atoms with van der Waals surface area (Å²) in [5.41, 5.74) is 1.08. The van der Waals surface area contributed by atoms with Crippen LogP contribution >= 0.6 is 24.0 Å². The van der Waals surface area contributed by atoms with Crippen molar-refractivity contribution in [2.75, 3.05) is 19.6 Å². The van der Waals surface area contributed by atoms with Crippen molar-refractivity contribution in [3.63, 3.8) is 0 Å². The minimum atomic E-state index is -0.0636. The molecule has 4 nitrogen and oxygen atoms in total. The van der Waals surface area contributed by atoms with E-state index in [1.54, 1.807) is 4.90 Å². The second-order valence-corrected chi connectivity index (χ2v) is 7.99. The monoisotopic (exact) mass is 386 g/mol. The van der Waals surface area contributed by atoms with E-state index >= 15 is 0 Å². The molecule has 0 bridgehead atoms. The largest absolute Gasteiger partial charge is 0.343 e. The molecule has 0 saturated carbocycles. The van der Waals surface area contributed by atoms with Gasteiger partial charge in [0.2, 0.25) is 5.91 Å². The van der Waals surface area contributed by atoms with Gasteiger partial charge in [-0.05, 0) is 30.9 Å². The molecular formula is C20H22N2O2S2. The van der Waals surface area contributed by atoms with Gasteiger partial charge in [-0.3, -0.25) is 14.5 Å². The predicted octanol–water partition coefficient (Wildman–Crippen LogP) is 3.85. The van der Waals surface area contributed by atoms with Crippen LogP contribution in [0.2, 0.25) is 0 Å². The van der Waals surface area contributed by atoms with E-state index in [0.29, 0.717) is 28.6 Å². The maximum Gasteiger partial charge on any atom is 0.266 e. The number of rotatable bonds is 6. The molecule has 2 saturated heterocycles. The van der Waals surface area contributed by atoms with E-state index in [1.807, 2.05) is 53.5 Å². The summed E-state index contributed by atoms with van der Waals surface area (Å²) >= 11 is 6.66. The highest BCUT2D eigenvalue weighted by molar-refractivity contribution is 8.26. The number of hydrogen-bond donors (Lipinski definition) is 0. The fourth-order valence-corrected chi connectivity index (χ4v) is 4.29. The summed E-state index contributed by atoms with van der Waals surface area (Å²) in [4.78, 5) is 28.8. The smallest absolute Gasteiger partial charge is 0.266 e. The first-order chi connectivity index (χ1) is 12.6. The molecule has 2 fully saturated rings. The molecule has 2 amide bonds. The third-order valence-electron chi connectivity index (χ3n) is 4.44. The molecule has 0 N–H and O–H groups in total. The molecule has 0 atom stereocenters. The number of likely N-dealkylation sites (tertiary alicyclic amines) is 1. The van der Waals surface area contributed by atoms with Crippen LogP contribution in [0.4, 0.5) is 0 Å². The number of thiocarbonyl (C=S) groups is 1. The van der Waals surface area contributed by atoms with E-state index in [-0.39, 0.29) is 11.8 Å². The van der Waals surface area contributed by atoms with E-state index in [4.69, 9.17) is 12.2 Å². The van der Waals surface area contributed by atoms with Gasteiger partial charge in [0.25, 0.3) is 5.91 Å². The number of carbonyl (C=O) groups excluding carboxylic acids is 2. The second-order valence-electron chi connectivity index (χ2n) is 6.32. The highest BCUT2D eigenvalue weighted by Crippen LogP contribution is 2.31. The van der Waals surface area contributed by atoms with Crippen LogP contribution in [-0.2, 0) is 9.59 Å². The number of amides is 2. The van der Waals surface area contributed by atoms with Crippen molar-refractivity contribution < 1.29 is 9.59 Å². The molecule has 136 valence electrons. The van der Waals surface area contributed by atoms with Crippen molar-refractivity contribution in [3.05, 3.63) is 53.0 Å². The van der Waals surface area contributed by atoms with Crippen LogP contribution in [0.3, 0.4) is 0 Å². The van der Waals surface area contributed by atoms with Crippen molar-refractivity contribution in [2.45, 2.75) is 25.7 Å².